The van der Waals surface area contributed by atoms with Gasteiger partial charge in [-0.15, -0.1) is 0 Å². The van der Waals surface area contributed by atoms with Crippen LogP contribution in [0.25, 0.3) is 0 Å². The normalized spacial score (nSPS) is 17.7. The molecule has 0 aliphatic carbocycles. The Morgan fingerprint density at radius 3 is 2.60 bits per heavy atom. The van der Waals surface area contributed by atoms with Crippen molar-refractivity contribution < 1.29 is 14.3 Å². The molecule has 1 aromatic rings. The fourth-order valence-corrected chi connectivity index (χ4v) is 2.97. The number of morpholine rings is 1. The van der Waals surface area contributed by atoms with Crippen molar-refractivity contribution in [3.63, 3.8) is 0 Å². The second kappa shape index (κ2) is 7.81. The van der Waals surface area contributed by atoms with Crippen molar-refractivity contribution in [1.29, 1.82) is 5.26 Å². The summed E-state index contributed by atoms with van der Waals surface area (Å²) in [6.45, 7) is 3.38. The summed E-state index contributed by atoms with van der Waals surface area (Å²) < 4.78 is 5.35. The molecule has 1 fully saturated rings. The van der Waals surface area contributed by atoms with Crippen LogP contribution in [0.3, 0.4) is 0 Å². The van der Waals surface area contributed by atoms with Crippen LogP contribution in [-0.4, -0.2) is 49.6 Å². The molecule has 7 heteroatoms. The molecule has 0 bridgehead atoms. The summed E-state index contributed by atoms with van der Waals surface area (Å²) in [4.78, 5) is 28.1. The maximum Gasteiger partial charge on any atom is 0.274 e. The Labute approximate surface area is 146 Å². The summed E-state index contributed by atoms with van der Waals surface area (Å²) in [5, 5.41) is 11.2. The number of amides is 2. The number of nitrogens with one attached hydrogen (secondary N) is 1. The molecule has 130 valence electrons. The molecule has 1 aromatic carbocycles. The van der Waals surface area contributed by atoms with E-state index in [9.17, 15) is 9.59 Å². The fraction of sp³-hybridized carbons (Fsp3) is 0.389. The third kappa shape index (κ3) is 3.98. The van der Waals surface area contributed by atoms with E-state index < -0.39 is 0 Å². The first-order valence-corrected chi connectivity index (χ1v) is 8.30. The number of hydrogen-bond donors (Lipinski definition) is 1. The highest BCUT2D eigenvalue weighted by Gasteiger charge is 2.28. The van der Waals surface area contributed by atoms with E-state index in [1.165, 1.54) is 0 Å². The smallest absolute Gasteiger partial charge is 0.274 e. The van der Waals surface area contributed by atoms with Crippen LogP contribution in [0, 0.1) is 11.3 Å². The molecule has 0 atom stereocenters. The van der Waals surface area contributed by atoms with Crippen molar-refractivity contribution in [1.82, 2.24) is 4.90 Å². The third-order valence-corrected chi connectivity index (χ3v) is 4.21. The number of benzene rings is 1. The number of hydrogen-bond acceptors (Lipinski definition) is 5. The molecule has 0 spiro atoms. The Morgan fingerprint density at radius 1 is 1.20 bits per heavy atom. The first-order chi connectivity index (χ1) is 12.2. The Morgan fingerprint density at radius 2 is 1.92 bits per heavy atom. The van der Waals surface area contributed by atoms with E-state index in [0.717, 1.165) is 30.9 Å². The Bertz CT molecular complexity index is 715. The number of rotatable bonds is 4. The average Bonchev–Trinajstić information content (AvgIpc) is 2.64. The molecule has 0 saturated carbocycles. The van der Waals surface area contributed by atoms with Gasteiger partial charge in [-0.2, -0.15) is 5.26 Å². The summed E-state index contributed by atoms with van der Waals surface area (Å²) in [5.41, 5.74) is 2.14. The topological polar surface area (TPSA) is 85.7 Å². The van der Waals surface area contributed by atoms with Gasteiger partial charge in [0.05, 0.1) is 25.0 Å². The van der Waals surface area contributed by atoms with Crippen molar-refractivity contribution in [2.45, 2.75) is 12.8 Å². The minimum Gasteiger partial charge on any atom is -0.378 e. The standard InChI is InChI=1S/C18H20N4O3/c19-8-7-17(23)20-14-3-5-15(6-4-14)22-9-1-2-16(18(22)24)21-10-12-25-13-11-21/h2-6H,1,7,9-13H2,(H,20,23). The third-order valence-electron chi connectivity index (χ3n) is 4.21. The van der Waals surface area contributed by atoms with Gasteiger partial charge in [-0.3, -0.25) is 9.59 Å². The zero-order chi connectivity index (χ0) is 17.6. The predicted molar refractivity (Wildman–Crippen MR) is 92.7 cm³/mol. The van der Waals surface area contributed by atoms with Crippen LogP contribution in [-0.2, 0) is 14.3 Å². The highest BCUT2D eigenvalue weighted by Crippen LogP contribution is 2.25. The van der Waals surface area contributed by atoms with Gasteiger partial charge in [0.25, 0.3) is 5.91 Å². The van der Waals surface area contributed by atoms with Crippen LogP contribution in [0.15, 0.2) is 36.0 Å². The van der Waals surface area contributed by atoms with Gasteiger partial charge in [-0.25, -0.2) is 0 Å². The molecule has 25 heavy (non-hydrogen) atoms. The lowest BCUT2D eigenvalue weighted by Crippen LogP contribution is -2.45. The van der Waals surface area contributed by atoms with Crippen molar-refractivity contribution in [3.05, 3.63) is 36.0 Å². The van der Waals surface area contributed by atoms with E-state index in [0.29, 0.717) is 25.4 Å². The van der Waals surface area contributed by atoms with Crippen molar-refractivity contribution >= 4 is 23.2 Å². The minimum atomic E-state index is -0.346. The summed E-state index contributed by atoms with van der Waals surface area (Å²) >= 11 is 0. The molecule has 2 aliphatic rings. The predicted octanol–water partition coefficient (Wildman–Crippen LogP) is 1.49. The highest BCUT2D eigenvalue weighted by molar-refractivity contribution is 6.06. The lowest BCUT2D eigenvalue weighted by Gasteiger charge is -2.35. The largest absolute Gasteiger partial charge is 0.378 e. The first-order valence-electron chi connectivity index (χ1n) is 8.30. The van der Waals surface area contributed by atoms with Crippen molar-refractivity contribution in [2.75, 3.05) is 43.1 Å². The van der Waals surface area contributed by atoms with Gasteiger partial charge in [0.2, 0.25) is 5.91 Å². The van der Waals surface area contributed by atoms with E-state index in [-0.39, 0.29) is 18.2 Å². The molecule has 7 nitrogen and oxygen atoms in total. The lowest BCUT2D eigenvalue weighted by atomic mass is 10.1. The number of nitriles is 1. The number of carbonyl (C=O) groups is 2. The second-order valence-electron chi connectivity index (χ2n) is 5.86. The van der Waals surface area contributed by atoms with E-state index >= 15 is 0 Å². The number of carbonyl (C=O) groups excluding carboxylic acids is 2. The number of anilines is 2. The molecule has 1 N–H and O–H groups in total. The molecule has 1 saturated heterocycles. The fourth-order valence-electron chi connectivity index (χ4n) is 2.97. The van der Waals surface area contributed by atoms with Gasteiger partial charge in [0, 0.05) is 31.0 Å². The Hall–Kier alpha value is -2.85. The Kier molecular flexibility index (Phi) is 5.31. The maximum absolute atomic E-state index is 12.8. The monoisotopic (exact) mass is 340 g/mol. The van der Waals surface area contributed by atoms with Gasteiger partial charge >= 0.3 is 0 Å². The Balaban J connectivity index is 1.69. The van der Waals surface area contributed by atoms with E-state index in [1.54, 1.807) is 17.0 Å². The summed E-state index contributed by atoms with van der Waals surface area (Å²) in [6, 6.07) is 8.90. The molecule has 2 heterocycles. The summed E-state index contributed by atoms with van der Waals surface area (Å²) in [6.07, 6.45) is 2.62. The molecular formula is C18H20N4O3. The zero-order valence-electron chi connectivity index (χ0n) is 13.9. The quantitative estimate of drug-likeness (QED) is 0.897. The van der Waals surface area contributed by atoms with Gasteiger partial charge < -0.3 is 19.9 Å². The van der Waals surface area contributed by atoms with E-state index in [1.807, 2.05) is 24.3 Å². The van der Waals surface area contributed by atoms with E-state index in [2.05, 4.69) is 10.2 Å². The van der Waals surface area contributed by atoms with Crippen LogP contribution in [0.4, 0.5) is 11.4 Å². The molecule has 2 aliphatic heterocycles. The zero-order valence-corrected chi connectivity index (χ0v) is 13.9. The van der Waals surface area contributed by atoms with Crippen LogP contribution < -0.4 is 10.2 Å². The maximum atomic E-state index is 12.8. The first kappa shape index (κ1) is 17.0. The molecular weight excluding hydrogens is 320 g/mol. The highest BCUT2D eigenvalue weighted by atomic mass is 16.5. The second-order valence-corrected chi connectivity index (χ2v) is 5.86. The van der Waals surface area contributed by atoms with E-state index in [4.69, 9.17) is 10.00 Å². The summed E-state index contributed by atoms with van der Waals surface area (Å²) in [5.74, 6) is -0.351. The average molecular weight is 340 g/mol. The minimum absolute atomic E-state index is 0.00517. The molecule has 3 rings (SSSR count). The molecule has 2 amide bonds. The van der Waals surface area contributed by atoms with Crippen LogP contribution in [0.1, 0.15) is 12.8 Å². The lowest BCUT2D eigenvalue weighted by molar-refractivity contribution is -0.117. The van der Waals surface area contributed by atoms with Crippen molar-refractivity contribution in [3.8, 4) is 6.07 Å². The number of nitrogens with zero attached hydrogens (tertiary/aromatic N) is 3. The van der Waals surface area contributed by atoms with Crippen LogP contribution in [0.5, 0.6) is 0 Å². The van der Waals surface area contributed by atoms with Gasteiger partial charge in [-0.1, -0.05) is 6.08 Å². The summed E-state index contributed by atoms with van der Waals surface area (Å²) in [7, 11) is 0. The number of ether oxygens (including phenoxy) is 1. The van der Waals surface area contributed by atoms with Gasteiger partial charge in [0.1, 0.15) is 6.42 Å². The van der Waals surface area contributed by atoms with Gasteiger partial charge in [-0.05, 0) is 30.7 Å². The molecule has 0 radical (unpaired) electrons. The SMILES string of the molecule is N#CCC(=O)Nc1ccc(N2CCC=C(N3CCOCC3)C2=O)cc1. The van der Waals surface area contributed by atoms with Crippen molar-refractivity contribution in [2.24, 2.45) is 0 Å². The van der Waals surface area contributed by atoms with Crippen LogP contribution in [0.2, 0.25) is 0 Å². The molecule has 0 unspecified atom stereocenters. The van der Waals surface area contributed by atoms with Gasteiger partial charge in [0.15, 0.2) is 0 Å². The van der Waals surface area contributed by atoms with Crippen LogP contribution >= 0.6 is 0 Å². The molecule has 0 aromatic heterocycles.